The van der Waals surface area contributed by atoms with E-state index in [4.69, 9.17) is 12.2 Å². The number of halogens is 1. The molecule has 0 aliphatic heterocycles. The molecule has 17 heavy (non-hydrogen) atoms. The van der Waals surface area contributed by atoms with Crippen molar-refractivity contribution in [1.29, 1.82) is 0 Å². The largest absolute Gasteiger partial charge is 0.371 e. The standard InChI is InChI=1S/C11H10FN3S2/c1-7-10(17-15-14-7)11(16)13-6-8-2-4-9(12)5-3-8/h2-5H,6H2,1H3,(H,13,16). The quantitative estimate of drug-likeness (QED) is 0.867. The zero-order valence-electron chi connectivity index (χ0n) is 9.11. The number of hydrogen-bond acceptors (Lipinski definition) is 4. The van der Waals surface area contributed by atoms with Crippen LogP contribution in [-0.4, -0.2) is 14.6 Å². The first-order valence-corrected chi connectivity index (χ1v) is 6.16. The van der Waals surface area contributed by atoms with E-state index in [1.165, 1.54) is 23.7 Å². The lowest BCUT2D eigenvalue weighted by Crippen LogP contribution is -2.21. The van der Waals surface area contributed by atoms with Gasteiger partial charge in [0.05, 0.1) is 5.69 Å². The van der Waals surface area contributed by atoms with Gasteiger partial charge in [0.2, 0.25) is 0 Å². The van der Waals surface area contributed by atoms with Crippen LogP contribution in [0.3, 0.4) is 0 Å². The molecule has 0 aliphatic rings. The Bertz CT molecular complexity index is 522. The summed E-state index contributed by atoms with van der Waals surface area (Å²) in [5.41, 5.74) is 1.80. The molecule has 1 heterocycles. The van der Waals surface area contributed by atoms with Crippen LogP contribution in [0.4, 0.5) is 4.39 Å². The van der Waals surface area contributed by atoms with Gasteiger partial charge < -0.3 is 5.32 Å². The average molecular weight is 267 g/mol. The fourth-order valence-corrected chi connectivity index (χ4v) is 2.21. The van der Waals surface area contributed by atoms with Crippen molar-refractivity contribution in [2.45, 2.75) is 13.5 Å². The average Bonchev–Trinajstić information content (AvgIpc) is 2.74. The van der Waals surface area contributed by atoms with Crippen molar-refractivity contribution < 1.29 is 4.39 Å². The van der Waals surface area contributed by atoms with Gasteiger partial charge in [0.25, 0.3) is 0 Å². The molecule has 1 aromatic carbocycles. The highest BCUT2D eigenvalue weighted by Gasteiger charge is 2.08. The van der Waals surface area contributed by atoms with E-state index >= 15 is 0 Å². The van der Waals surface area contributed by atoms with E-state index < -0.39 is 0 Å². The first kappa shape index (κ1) is 12.1. The number of nitrogens with zero attached hydrogens (tertiary/aromatic N) is 2. The molecule has 0 amide bonds. The molecule has 0 fully saturated rings. The Kier molecular flexibility index (Phi) is 3.75. The van der Waals surface area contributed by atoms with Gasteiger partial charge >= 0.3 is 0 Å². The van der Waals surface area contributed by atoms with Crippen molar-refractivity contribution >= 4 is 28.7 Å². The predicted octanol–water partition coefficient (Wildman–Crippen LogP) is 2.45. The van der Waals surface area contributed by atoms with Gasteiger partial charge in [-0.3, -0.25) is 0 Å². The smallest absolute Gasteiger partial charge is 0.123 e. The molecular formula is C11H10FN3S2. The number of benzene rings is 1. The monoisotopic (exact) mass is 267 g/mol. The Morgan fingerprint density at radius 1 is 1.41 bits per heavy atom. The van der Waals surface area contributed by atoms with E-state index in [2.05, 4.69) is 14.9 Å². The third kappa shape index (κ3) is 3.04. The third-order valence-corrected chi connectivity index (χ3v) is 3.55. The summed E-state index contributed by atoms with van der Waals surface area (Å²) < 4.78 is 16.5. The zero-order chi connectivity index (χ0) is 12.3. The summed E-state index contributed by atoms with van der Waals surface area (Å²) in [4.78, 5) is 1.50. The molecule has 0 bridgehead atoms. The van der Waals surface area contributed by atoms with E-state index in [1.54, 1.807) is 12.1 Å². The molecule has 0 unspecified atom stereocenters. The number of hydrogen-bond donors (Lipinski definition) is 1. The Morgan fingerprint density at radius 3 is 2.71 bits per heavy atom. The molecule has 0 radical (unpaired) electrons. The minimum absolute atomic E-state index is 0.237. The normalized spacial score (nSPS) is 10.2. The van der Waals surface area contributed by atoms with Crippen molar-refractivity contribution in [3.63, 3.8) is 0 Å². The second-order valence-corrected chi connectivity index (χ2v) is 4.66. The van der Waals surface area contributed by atoms with Gasteiger partial charge in [-0.1, -0.05) is 28.8 Å². The molecule has 3 nitrogen and oxygen atoms in total. The minimum Gasteiger partial charge on any atom is -0.371 e. The Hall–Kier alpha value is -1.40. The third-order valence-electron chi connectivity index (χ3n) is 2.22. The lowest BCUT2D eigenvalue weighted by Gasteiger charge is -2.06. The first-order chi connectivity index (χ1) is 8.16. The van der Waals surface area contributed by atoms with Gasteiger partial charge in [0, 0.05) is 6.54 Å². The second-order valence-electron chi connectivity index (χ2n) is 3.50. The van der Waals surface area contributed by atoms with E-state index in [0.29, 0.717) is 11.5 Å². The molecular weight excluding hydrogens is 257 g/mol. The number of aromatic nitrogens is 2. The summed E-state index contributed by atoms with van der Waals surface area (Å²) in [6, 6.07) is 6.31. The van der Waals surface area contributed by atoms with E-state index in [-0.39, 0.29) is 5.82 Å². The molecule has 2 rings (SSSR count). The summed E-state index contributed by atoms with van der Waals surface area (Å²) in [5, 5.41) is 7.00. The van der Waals surface area contributed by atoms with Gasteiger partial charge in [-0.25, -0.2) is 4.39 Å². The van der Waals surface area contributed by atoms with Crippen LogP contribution in [0.2, 0.25) is 0 Å². The summed E-state index contributed by atoms with van der Waals surface area (Å²) in [6.07, 6.45) is 0. The Morgan fingerprint density at radius 2 is 2.12 bits per heavy atom. The molecule has 6 heteroatoms. The van der Waals surface area contributed by atoms with Crippen molar-refractivity contribution in [1.82, 2.24) is 14.9 Å². The van der Waals surface area contributed by atoms with E-state index in [9.17, 15) is 4.39 Å². The van der Waals surface area contributed by atoms with Crippen LogP contribution in [0.1, 0.15) is 16.1 Å². The molecule has 0 saturated heterocycles. The number of nitrogens with one attached hydrogen (secondary N) is 1. The van der Waals surface area contributed by atoms with E-state index in [0.717, 1.165) is 16.1 Å². The SMILES string of the molecule is Cc1nnsc1C(=S)NCc1ccc(F)cc1. The maximum atomic E-state index is 12.7. The molecule has 88 valence electrons. The van der Waals surface area contributed by atoms with Crippen LogP contribution < -0.4 is 5.32 Å². The number of rotatable bonds is 3. The molecule has 1 aromatic heterocycles. The lowest BCUT2D eigenvalue weighted by atomic mass is 10.2. The molecule has 2 aromatic rings. The minimum atomic E-state index is -0.237. The zero-order valence-corrected chi connectivity index (χ0v) is 10.7. The molecule has 0 spiro atoms. The van der Waals surface area contributed by atoms with Gasteiger partial charge in [-0.05, 0) is 36.2 Å². The van der Waals surface area contributed by atoms with E-state index in [1.807, 2.05) is 6.92 Å². The summed E-state index contributed by atoms with van der Waals surface area (Å²) >= 11 is 6.50. The highest BCUT2D eigenvalue weighted by Crippen LogP contribution is 2.10. The topological polar surface area (TPSA) is 37.8 Å². The van der Waals surface area contributed by atoms with Crippen LogP contribution in [0.15, 0.2) is 24.3 Å². The van der Waals surface area contributed by atoms with Crippen LogP contribution in [0, 0.1) is 12.7 Å². The molecule has 1 N–H and O–H groups in total. The molecule has 0 aliphatic carbocycles. The lowest BCUT2D eigenvalue weighted by molar-refractivity contribution is 0.627. The second kappa shape index (κ2) is 5.29. The summed E-state index contributed by atoms with van der Waals surface area (Å²) in [5.74, 6) is -0.237. The van der Waals surface area contributed by atoms with Crippen molar-refractivity contribution in [2.75, 3.05) is 0 Å². The maximum Gasteiger partial charge on any atom is 0.123 e. The Labute approximate surface area is 108 Å². The fraction of sp³-hybridized carbons (Fsp3) is 0.182. The van der Waals surface area contributed by atoms with Crippen LogP contribution in [0.25, 0.3) is 0 Å². The van der Waals surface area contributed by atoms with Crippen LogP contribution in [-0.2, 0) is 6.54 Å². The maximum absolute atomic E-state index is 12.7. The number of thiocarbonyl (C=S) groups is 1. The van der Waals surface area contributed by atoms with Crippen LogP contribution in [0.5, 0.6) is 0 Å². The van der Waals surface area contributed by atoms with Crippen molar-refractivity contribution in [3.05, 3.63) is 46.2 Å². The highest BCUT2D eigenvalue weighted by molar-refractivity contribution is 7.81. The van der Waals surface area contributed by atoms with Gasteiger partial charge in [0.15, 0.2) is 0 Å². The predicted molar refractivity (Wildman–Crippen MR) is 69.6 cm³/mol. The molecule has 0 atom stereocenters. The summed E-state index contributed by atoms with van der Waals surface area (Å²) in [6.45, 7) is 2.43. The van der Waals surface area contributed by atoms with Crippen molar-refractivity contribution in [3.8, 4) is 0 Å². The fourth-order valence-electron chi connectivity index (χ4n) is 1.30. The Balaban J connectivity index is 1.97. The van der Waals surface area contributed by atoms with Gasteiger partial charge in [0.1, 0.15) is 15.7 Å². The summed E-state index contributed by atoms with van der Waals surface area (Å²) in [7, 11) is 0. The molecule has 0 saturated carbocycles. The van der Waals surface area contributed by atoms with Gasteiger partial charge in [-0.15, -0.1) is 5.10 Å². The van der Waals surface area contributed by atoms with Crippen LogP contribution >= 0.6 is 23.8 Å². The van der Waals surface area contributed by atoms with Gasteiger partial charge in [-0.2, -0.15) is 0 Å². The highest BCUT2D eigenvalue weighted by atomic mass is 32.1. The van der Waals surface area contributed by atoms with Crippen molar-refractivity contribution in [2.24, 2.45) is 0 Å². The number of aryl methyl sites for hydroxylation is 1. The first-order valence-electron chi connectivity index (χ1n) is 4.98.